The van der Waals surface area contributed by atoms with Gasteiger partial charge in [0, 0.05) is 25.9 Å². The number of carbonyl (C=O) groups is 2. The molecule has 0 unspecified atom stereocenters. The highest BCUT2D eigenvalue weighted by molar-refractivity contribution is 6.91. The van der Waals surface area contributed by atoms with Gasteiger partial charge in [0.05, 0.1) is 51.8 Å². The first-order valence-electron chi connectivity index (χ1n) is 18.4. The van der Waals surface area contributed by atoms with Crippen molar-refractivity contribution in [2.75, 3.05) is 25.3 Å². The fraction of sp³-hybridized carbons (Fsp3) is 0.372. The number of carbonyl (C=O) groups excluding carboxylic acids is 2. The van der Waals surface area contributed by atoms with Gasteiger partial charge in [-0.3, -0.25) is 9.59 Å². The average Bonchev–Trinajstić information content (AvgIpc) is 3.49. The van der Waals surface area contributed by atoms with Gasteiger partial charge < -0.3 is 19.5 Å². The minimum absolute atomic E-state index is 0.00499. The molecule has 1 fully saturated rings. The molecule has 0 bridgehead atoms. The van der Waals surface area contributed by atoms with Crippen LogP contribution < -0.4 is 14.9 Å². The van der Waals surface area contributed by atoms with Crippen molar-refractivity contribution >= 4 is 36.5 Å². The summed E-state index contributed by atoms with van der Waals surface area (Å²) < 4.78 is 12.4. The molecule has 4 aromatic rings. The van der Waals surface area contributed by atoms with Crippen molar-refractivity contribution in [3.63, 3.8) is 0 Å². The van der Waals surface area contributed by atoms with E-state index in [4.69, 9.17) is 14.6 Å². The van der Waals surface area contributed by atoms with E-state index in [0.29, 0.717) is 19.4 Å². The summed E-state index contributed by atoms with van der Waals surface area (Å²) in [6.07, 6.45) is 2.56. The molecule has 2 aliphatic heterocycles. The molecule has 4 aromatic carbocycles. The first-order valence-corrected chi connectivity index (χ1v) is 21.5. The van der Waals surface area contributed by atoms with Gasteiger partial charge in [0.25, 0.3) is 0 Å². The van der Waals surface area contributed by atoms with Crippen molar-refractivity contribution in [1.29, 1.82) is 0 Å². The number of anilines is 1. The summed E-state index contributed by atoms with van der Waals surface area (Å²) in [6.45, 7) is 7.69. The Labute approximate surface area is 309 Å². The first kappa shape index (κ1) is 37.2. The molecule has 2 amide bonds. The largest absolute Gasteiger partial charge is 0.497 e. The molecule has 0 aromatic heterocycles. The molecule has 0 radical (unpaired) electrons. The zero-order valence-corrected chi connectivity index (χ0v) is 31.8. The average molecular weight is 718 g/mol. The van der Waals surface area contributed by atoms with Crippen LogP contribution in [0.4, 0.5) is 5.69 Å². The van der Waals surface area contributed by atoms with Gasteiger partial charge in [0.1, 0.15) is 5.75 Å². The predicted octanol–water partition coefficient (Wildman–Crippen LogP) is 6.96. The molecular weight excluding hydrogens is 667 g/mol. The number of nitrogens with zero attached hydrogens (tertiary/aromatic N) is 3. The zero-order valence-electron chi connectivity index (χ0n) is 30.8. The summed E-state index contributed by atoms with van der Waals surface area (Å²) in [5, 5.41) is 17.5. The van der Waals surface area contributed by atoms with Crippen molar-refractivity contribution in [2.24, 2.45) is 11.0 Å². The molecule has 6 rings (SSSR count). The maximum atomic E-state index is 14.0. The van der Waals surface area contributed by atoms with Crippen LogP contribution in [0.2, 0.25) is 18.6 Å². The van der Waals surface area contributed by atoms with Crippen molar-refractivity contribution < 1.29 is 24.2 Å². The van der Waals surface area contributed by atoms with E-state index in [2.05, 4.69) is 44.3 Å². The van der Waals surface area contributed by atoms with E-state index in [9.17, 15) is 14.7 Å². The van der Waals surface area contributed by atoms with Crippen LogP contribution in [-0.2, 0) is 27.3 Å². The van der Waals surface area contributed by atoms with E-state index in [1.807, 2.05) is 84.9 Å². The van der Waals surface area contributed by atoms with Crippen LogP contribution in [0.5, 0.6) is 5.75 Å². The zero-order chi connectivity index (χ0) is 36.7. The third-order valence-electron chi connectivity index (χ3n) is 10.9. The van der Waals surface area contributed by atoms with Crippen molar-refractivity contribution in [3.05, 3.63) is 126 Å². The maximum absolute atomic E-state index is 14.0. The molecule has 9 heteroatoms. The SMILES string of the molecule is COc1ccc([Si](C)(C)[C@H]2[C@H](C)[C@H](CCc3cccc(N4N=C(c5ccccc5)CCC4=O)c3)O[C@@H]2CC(=O)N(CCO)Cc2ccccc2)cc1. The van der Waals surface area contributed by atoms with Crippen LogP contribution in [0, 0.1) is 5.92 Å². The normalized spacial score (nSPS) is 20.4. The molecular formula is C43H51N3O5Si. The third kappa shape index (κ3) is 8.55. The number of rotatable bonds is 14. The fourth-order valence-electron chi connectivity index (χ4n) is 8.11. The van der Waals surface area contributed by atoms with Crippen molar-refractivity contribution in [1.82, 2.24) is 4.90 Å². The van der Waals surface area contributed by atoms with E-state index in [1.54, 1.807) is 17.0 Å². The Morgan fingerprint density at radius 1 is 0.923 bits per heavy atom. The Balaban J connectivity index is 1.22. The van der Waals surface area contributed by atoms with E-state index in [-0.39, 0.29) is 55.1 Å². The number of ether oxygens (including phenoxy) is 2. The summed E-state index contributed by atoms with van der Waals surface area (Å²) in [7, 11) is -0.506. The molecule has 1 N–H and O–H groups in total. The number of methoxy groups -OCH3 is 1. The Kier molecular flexibility index (Phi) is 12.0. The fourth-order valence-corrected chi connectivity index (χ4v) is 12.2. The van der Waals surface area contributed by atoms with Crippen molar-refractivity contribution in [3.8, 4) is 5.75 Å². The Hall–Kier alpha value is -4.57. The standard InChI is InChI=1S/C43H51N3O5Si/c1-31-39(24-18-32-14-11-17-35(28-32)46-41(48)25-23-38(44-46)34-15-9-6-10-16-34)51-40(43(31)52(3,4)37-21-19-36(50-2)20-22-37)29-42(49)45(26-27-47)30-33-12-7-5-8-13-33/h5-17,19-22,28,31,39-40,43,47H,18,23-27,29-30H2,1-4H3/t31-,39+,40-,43+/m1/s1. The van der Waals surface area contributed by atoms with Gasteiger partial charge in [0.15, 0.2) is 0 Å². The van der Waals surface area contributed by atoms with Crippen molar-refractivity contribution in [2.45, 2.75) is 76.4 Å². The monoisotopic (exact) mass is 717 g/mol. The smallest absolute Gasteiger partial charge is 0.247 e. The number of aliphatic hydroxyl groups is 1. The Bertz CT molecular complexity index is 1830. The Morgan fingerprint density at radius 3 is 2.31 bits per heavy atom. The summed E-state index contributed by atoms with van der Waals surface area (Å²) in [4.78, 5) is 28.8. The lowest BCUT2D eigenvalue weighted by Crippen LogP contribution is -2.51. The van der Waals surface area contributed by atoms with Gasteiger partial charge in [-0.1, -0.05) is 110 Å². The molecule has 0 saturated carbocycles. The Morgan fingerprint density at radius 2 is 1.62 bits per heavy atom. The molecule has 1 saturated heterocycles. The van der Waals surface area contributed by atoms with E-state index in [0.717, 1.165) is 46.7 Å². The lowest BCUT2D eigenvalue weighted by Gasteiger charge is -2.36. The second-order valence-electron chi connectivity index (χ2n) is 14.6. The van der Waals surface area contributed by atoms with Gasteiger partial charge >= 0.3 is 0 Å². The van der Waals surface area contributed by atoms with Gasteiger partial charge in [0.2, 0.25) is 11.8 Å². The highest BCUT2D eigenvalue weighted by Gasteiger charge is 2.51. The minimum atomic E-state index is -2.19. The second kappa shape index (κ2) is 16.8. The number of hydrogen-bond acceptors (Lipinski definition) is 6. The summed E-state index contributed by atoms with van der Waals surface area (Å²) >= 11 is 0. The number of benzene rings is 4. The molecule has 2 aliphatic rings. The van der Waals surface area contributed by atoms with Crippen LogP contribution in [0.15, 0.2) is 114 Å². The van der Waals surface area contributed by atoms with E-state index in [1.165, 1.54) is 5.19 Å². The number of aliphatic hydroxyl groups excluding tert-OH is 1. The summed E-state index contributed by atoms with van der Waals surface area (Å²) in [5.41, 5.74) is 5.05. The number of hydrazone groups is 1. The molecule has 52 heavy (non-hydrogen) atoms. The third-order valence-corrected chi connectivity index (χ3v) is 15.3. The van der Waals surface area contributed by atoms with Gasteiger partial charge in [-0.05, 0) is 65.3 Å². The lowest BCUT2D eigenvalue weighted by atomic mass is 9.95. The molecule has 4 atom stereocenters. The van der Waals surface area contributed by atoms with E-state index < -0.39 is 8.07 Å². The first-order chi connectivity index (χ1) is 25.2. The van der Waals surface area contributed by atoms with Gasteiger partial charge in [-0.15, -0.1) is 0 Å². The topological polar surface area (TPSA) is 91.7 Å². The molecule has 0 aliphatic carbocycles. The van der Waals surface area contributed by atoms with Gasteiger partial charge in [-0.2, -0.15) is 5.10 Å². The molecule has 0 spiro atoms. The quantitative estimate of drug-likeness (QED) is 0.143. The molecule has 8 nitrogen and oxygen atoms in total. The summed E-state index contributed by atoms with van der Waals surface area (Å²) in [6, 6.07) is 36.5. The van der Waals surface area contributed by atoms with Crippen LogP contribution in [0.1, 0.15) is 49.3 Å². The highest BCUT2D eigenvalue weighted by Crippen LogP contribution is 2.46. The minimum Gasteiger partial charge on any atom is -0.497 e. The summed E-state index contributed by atoms with van der Waals surface area (Å²) in [5.74, 6) is 1.03. The number of aryl methyl sites for hydroxylation is 1. The van der Waals surface area contributed by atoms with Gasteiger partial charge in [-0.25, -0.2) is 5.01 Å². The van der Waals surface area contributed by atoms with Crippen LogP contribution >= 0.6 is 0 Å². The molecule has 2 heterocycles. The van der Waals surface area contributed by atoms with E-state index >= 15 is 0 Å². The predicted molar refractivity (Wildman–Crippen MR) is 210 cm³/mol. The number of amides is 2. The van der Waals surface area contributed by atoms with Crippen LogP contribution in [0.25, 0.3) is 0 Å². The second-order valence-corrected chi connectivity index (χ2v) is 19.3. The van der Waals surface area contributed by atoms with Crippen LogP contribution in [0.3, 0.4) is 0 Å². The number of hydrogen-bond donors (Lipinski definition) is 1. The maximum Gasteiger partial charge on any atom is 0.247 e. The lowest BCUT2D eigenvalue weighted by molar-refractivity contribution is -0.135. The van der Waals surface area contributed by atoms with Crippen LogP contribution in [-0.4, -0.2) is 68.1 Å². The highest BCUT2D eigenvalue weighted by atomic mass is 28.3. The molecule has 272 valence electrons.